The van der Waals surface area contributed by atoms with E-state index in [2.05, 4.69) is 39.7 Å². The Hall–Kier alpha value is -2.86. The Morgan fingerprint density at radius 2 is 2.00 bits per heavy atom. The molecule has 0 unspecified atom stereocenters. The largest absolute Gasteiger partial charge is 0.350 e. The van der Waals surface area contributed by atoms with Crippen LogP contribution in [0.25, 0.3) is 6.08 Å². The van der Waals surface area contributed by atoms with Gasteiger partial charge in [-0.05, 0) is 23.8 Å². The zero-order valence-corrected chi connectivity index (χ0v) is 15.1. The van der Waals surface area contributed by atoms with Crippen molar-refractivity contribution in [3.63, 3.8) is 0 Å². The molecule has 1 N–H and O–H groups in total. The minimum absolute atomic E-state index is 0.111. The monoisotopic (exact) mass is 364 g/mol. The fourth-order valence-electron chi connectivity index (χ4n) is 2.37. The maximum Gasteiger partial charge on any atom is 0.254 e. The van der Waals surface area contributed by atoms with Crippen molar-refractivity contribution in [2.75, 3.05) is 12.3 Å². The zero-order chi connectivity index (χ0) is 18.0. The number of carbonyl (C=O) groups excluding carboxylic acids is 1. The highest BCUT2D eigenvalue weighted by Gasteiger charge is 2.11. The number of hydrogen-bond acceptors (Lipinski definition) is 4. The molecular formula is C20H20N4OS. The van der Waals surface area contributed by atoms with Gasteiger partial charge < -0.3 is 5.32 Å². The van der Waals surface area contributed by atoms with E-state index < -0.39 is 0 Å². The summed E-state index contributed by atoms with van der Waals surface area (Å²) in [6, 6.07) is 15.6. The number of aromatic nitrogens is 3. The summed E-state index contributed by atoms with van der Waals surface area (Å²) in [4.78, 5) is 16.8. The van der Waals surface area contributed by atoms with Gasteiger partial charge in [0, 0.05) is 30.9 Å². The SMILES string of the molecule is O=C(NCCn1cccn1)c1cccnc1SCC=Cc1ccccc1. The molecule has 0 atom stereocenters. The molecule has 6 heteroatoms. The smallest absolute Gasteiger partial charge is 0.254 e. The standard InChI is InChI=1S/C20H20N4OS/c25-19(21-13-15-24-14-6-12-23-24)18-10-4-11-22-20(18)26-16-5-9-17-7-2-1-3-8-17/h1-12,14H,13,15-16H2,(H,21,25). The van der Waals surface area contributed by atoms with Gasteiger partial charge in [-0.15, -0.1) is 11.8 Å². The molecular weight excluding hydrogens is 344 g/mol. The van der Waals surface area contributed by atoms with E-state index in [1.165, 1.54) is 0 Å². The van der Waals surface area contributed by atoms with Crippen LogP contribution in [-0.2, 0) is 6.54 Å². The molecule has 2 aromatic heterocycles. The first-order chi connectivity index (χ1) is 12.8. The Labute approximate surface area is 157 Å². The quantitative estimate of drug-likeness (QED) is 0.622. The van der Waals surface area contributed by atoms with Crippen molar-refractivity contribution in [3.05, 3.63) is 84.3 Å². The van der Waals surface area contributed by atoms with Gasteiger partial charge in [-0.25, -0.2) is 4.98 Å². The van der Waals surface area contributed by atoms with Crippen LogP contribution in [0.2, 0.25) is 0 Å². The third-order valence-electron chi connectivity index (χ3n) is 3.63. The van der Waals surface area contributed by atoms with Gasteiger partial charge in [0.2, 0.25) is 0 Å². The van der Waals surface area contributed by atoms with Gasteiger partial charge in [-0.1, -0.05) is 42.5 Å². The van der Waals surface area contributed by atoms with Crippen LogP contribution in [0.1, 0.15) is 15.9 Å². The van der Waals surface area contributed by atoms with E-state index in [9.17, 15) is 4.79 Å². The molecule has 0 spiro atoms. The first-order valence-electron chi connectivity index (χ1n) is 8.38. The fraction of sp³-hybridized carbons (Fsp3) is 0.150. The third-order valence-corrected chi connectivity index (χ3v) is 4.59. The Morgan fingerprint density at radius 1 is 1.12 bits per heavy atom. The number of nitrogens with zero attached hydrogens (tertiary/aromatic N) is 3. The molecule has 0 fully saturated rings. The number of nitrogens with one attached hydrogen (secondary N) is 1. The molecule has 132 valence electrons. The molecule has 26 heavy (non-hydrogen) atoms. The number of rotatable bonds is 8. The minimum Gasteiger partial charge on any atom is -0.350 e. The van der Waals surface area contributed by atoms with Crippen molar-refractivity contribution < 1.29 is 4.79 Å². The maximum absolute atomic E-state index is 12.4. The lowest BCUT2D eigenvalue weighted by Gasteiger charge is -2.08. The van der Waals surface area contributed by atoms with Crippen molar-refractivity contribution in [2.24, 2.45) is 0 Å². The van der Waals surface area contributed by atoms with Crippen LogP contribution in [-0.4, -0.2) is 33.0 Å². The van der Waals surface area contributed by atoms with Crippen LogP contribution >= 0.6 is 11.8 Å². The Bertz CT molecular complexity index is 847. The summed E-state index contributed by atoms with van der Waals surface area (Å²) in [5.41, 5.74) is 1.76. The molecule has 3 rings (SSSR count). The van der Waals surface area contributed by atoms with Gasteiger partial charge in [0.15, 0.2) is 0 Å². The summed E-state index contributed by atoms with van der Waals surface area (Å²) in [6.07, 6.45) is 9.45. The normalized spacial score (nSPS) is 10.9. The van der Waals surface area contributed by atoms with Gasteiger partial charge in [0.05, 0.1) is 12.1 Å². The lowest BCUT2D eigenvalue weighted by molar-refractivity contribution is 0.0948. The van der Waals surface area contributed by atoms with Gasteiger partial charge in [0.25, 0.3) is 5.91 Å². The van der Waals surface area contributed by atoms with Crippen LogP contribution in [0.5, 0.6) is 0 Å². The number of carbonyl (C=O) groups is 1. The molecule has 1 aromatic carbocycles. The minimum atomic E-state index is -0.111. The van der Waals surface area contributed by atoms with Crippen molar-refractivity contribution >= 4 is 23.7 Å². The van der Waals surface area contributed by atoms with Gasteiger partial charge >= 0.3 is 0 Å². The highest BCUT2D eigenvalue weighted by molar-refractivity contribution is 7.99. The average Bonchev–Trinajstić information content (AvgIpc) is 3.20. The van der Waals surface area contributed by atoms with E-state index in [0.717, 1.165) is 16.3 Å². The molecule has 1 amide bonds. The maximum atomic E-state index is 12.4. The molecule has 5 nitrogen and oxygen atoms in total. The molecule has 0 saturated carbocycles. The van der Waals surface area contributed by atoms with Crippen molar-refractivity contribution in [2.45, 2.75) is 11.6 Å². The van der Waals surface area contributed by atoms with Crippen LogP contribution in [0.15, 0.2) is 78.2 Å². The van der Waals surface area contributed by atoms with E-state index in [1.807, 2.05) is 30.5 Å². The average molecular weight is 364 g/mol. The summed E-state index contributed by atoms with van der Waals surface area (Å²) in [5.74, 6) is 0.638. The summed E-state index contributed by atoms with van der Waals surface area (Å²) in [5, 5.41) is 7.78. The van der Waals surface area contributed by atoms with E-state index in [1.54, 1.807) is 41.0 Å². The van der Waals surface area contributed by atoms with E-state index in [4.69, 9.17) is 0 Å². The van der Waals surface area contributed by atoms with Crippen LogP contribution in [0, 0.1) is 0 Å². The highest BCUT2D eigenvalue weighted by atomic mass is 32.2. The van der Waals surface area contributed by atoms with Crippen molar-refractivity contribution in [1.29, 1.82) is 0 Å². The molecule has 0 aliphatic carbocycles. The lowest BCUT2D eigenvalue weighted by Crippen LogP contribution is -2.28. The fourth-order valence-corrected chi connectivity index (χ4v) is 3.17. The number of pyridine rings is 1. The summed E-state index contributed by atoms with van der Waals surface area (Å²) in [6.45, 7) is 1.16. The number of amides is 1. The van der Waals surface area contributed by atoms with E-state index >= 15 is 0 Å². The number of hydrogen-bond donors (Lipinski definition) is 1. The van der Waals surface area contributed by atoms with Gasteiger partial charge in [-0.3, -0.25) is 9.48 Å². The first kappa shape index (κ1) is 17.9. The highest BCUT2D eigenvalue weighted by Crippen LogP contribution is 2.20. The zero-order valence-electron chi connectivity index (χ0n) is 14.3. The second-order valence-corrected chi connectivity index (χ2v) is 6.51. The summed E-state index contributed by atoms with van der Waals surface area (Å²) >= 11 is 1.55. The van der Waals surface area contributed by atoms with Gasteiger partial charge in [0.1, 0.15) is 5.03 Å². The second-order valence-electron chi connectivity index (χ2n) is 5.51. The topological polar surface area (TPSA) is 59.8 Å². The van der Waals surface area contributed by atoms with Crippen LogP contribution in [0.4, 0.5) is 0 Å². The molecule has 0 aliphatic heterocycles. The van der Waals surface area contributed by atoms with E-state index in [0.29, 0.717) is 18.7 Å². The third kappa shape index (κ3) is 5.32. The summed E-state index contributed by atoms with van der Waals surface area (Å²) in [7, 11) is 0. The molecule has 0 radical (unpaired) electrons. The second kappa shape index (κ2) is 9.58. The predicted molar refractivity (Wildman–Crippen MR) is 105 cm³/mol. The predicted octanol–water partition coefficient (Wildman–Crippen LogP) is 3.51. The molecule has 0 aliphatic rings. The lowest BCUT2D eigenvalue weighted by atomic mass is 10.2. The van der Waals surface area contributed by atoms with E-state index in [-0.39, 0.29) is 5.91 Å². The van der Waals surface area contributed by atoms with Crippen molar-refractivity contribution in [3.8, 4) is 0 Å². The Balaban J connectivity index is 1.53. The molecule has 2 heterocycles. The van der Waals surface area contributed by atoms with Crippen molar-refractivity contribution in [1.82, 2.24) is 20.1 Å². The number of benzene rings is 1. The molecule has 0 bridgehead atoms. The van der Waals surface area contributed by atoms with Gasteiger partial charge in [-0.2, -0.15) is 5.10 Å². The summed E-state index contributed by atoms with van der Waals surface area (Å²) < 4.78 is 1.79. The van der Waals surface area contributed by atoms with Crippen LogP contribution < -0.4 is 5.32 Å². The Morgan fingerprint density at radius 3 is 2.81 bits per heavy atom. The molecule has 3 aromatic rings. The first-order valence-corrected chi connectivity index (χ1v) is 9.36. The van der Waals surface area contributed by atoms with Crippen LogP contribution in [0.3, 0.4) is 0 Å². The Kier molecular flexibility index (Phi) is 6.61. The number of thioether (sulfide) groups is 1. The molecule has 0 saturated heterocycles.